The second-order valence-electron chi connectivity index (χ2n) is 7.54. The minimum absolute atomic E-state index is 0.253. The lowest BCUT2D eigenvalue weighted by molar-refractivity contribution is 0.101. The van der Waals surface area contributed by atoms with Crippen LogP contribution in [0.1, 0.15) is 33.2 Å². The van der Waals surface area contributed by atoms with Crippen molar-refractivity contribution in [2.75, 3.05) is 10.6 Å². The molecule has 0 saturated carbocycles. The van der Waals surface area contributed by atoms with Crippen molar-refractivity contribution in [3.8, 4) is 0 Å². The van der Waals surface area contributed by atoms with Crippen molar-refractivity contribution in [2.24, 2.45) is 0 Å². The number of amides is 2. The minimum Gasteiger partial charge on any atom is -0.322 e. The monoisotopic (exact) mass is 442 g/mol. The van der Waals surface area contributed by atoms with E-state index in [2.05, 4.69) is 15.6 Å². The number of nitrogens with zero attached hydrogens (tertiary/aromatic N) is 1. The number of nitrogens with one attached hydrogen (secondary N) is 3. The van der Waals surface area contributed by atoms with Crippen LogP contribution in [-0.2, 0) is 6.54 Å². The first-order valence-corrected chi connectivity index (χ1v) is 10.4. The van der Waals surface area contributed by atoms with E-state index in [9.17, 15) is 19.2 Å². The van der Waals surface area contributed by atoms with Crippen LogP contribution in [0.2, 0.25) is 0 Å². The summed E-state index contributed by atoms with van der Waals surface area (Å²) in [4.78, 5) is 51.8. The van der Waals surface area contributed by atoms with Gasteiger partial charge in [-0.05, 0) is 61.9 Å². The molecule has 3 aromatic carbocycles. The van der Waals surface area contributed by atoms with Crippen LogP contribution < -0.4 is 21.8 Å². The highest BCUT2D eigenvalue weighted by molar-refractivity contribution is 6.07. The summed E-state index contributed by atoms with van der Waals surface area (Å²) in [6.07, 6.45) is 0. The van der Waals surface area contributed by atoms with E-state index in [4.69, 9.17) is 0 Å². The molecule has 1 aromatic heterocycles. The second kappa shape index (κ2) is 8.96. The summed E-state index contributed by atoms with van der Waals surface area (Å²) in [5, 5.41) is 5.67. The van der Waals surface area contributed by atoms with E-state index in [0.29, 0.717) is 40.1 Å². The number of aryl methyl sites for hydroxylation is 2. The molecule has 4 rings (SSSR count). The van der Waals surface area contributed by atoms with Crippen molar-refractivity contribution in [3.63, 3.8) is 0 Å². The molecule has 8 heteroatoms. The van der Waals surface area contributed by atoms with E-state index in [1.165, 1.54) is 10.6 Å². The Balaban J connectivity index is 1.59. The maximum atomic E-state index is 12.9. The summed E-state index contributed by atoms with van der Waals surface area (Å²) in [5.74, 6) is -0.640. The number of carbonyl (C=O) groups is 2. The van der Waals surface area contributed by atoms with Crippen LogP contribution in [-0.4, -0.2) is 21.4 Å². The van der Waals surface area contributed by atoms with Gasteiger partial charge in [-0.2, -0.15) is 0 Å². The quantitative estimate of drug-likeness (QED) is 0.411. The van der Waals surface area contributed by atoms with Gasteiger partial charge in [0.1, 0.15) is 0 Å². The number of H-pyrrole nitrogens is 1. The zero-order valence-electron chi connectivity index (χ0n) is 18.1. The van der Waals surface area contributed by atoms with Gasteiger partial charge in [-0.15, -0.1) is 0 Å². The van der Waals surface area contributed by atoms with E-state index in [1.54, 1.807) is 61.5 Å². The van der Waals surface area contributed by atoms with Crippen molar-refractivity contribution in [3.05, 3.63) is 104 Å². The first-order chi connectivity index (χ1) is 15.9. The molecule has 33 heavy (non-hydrogen) atoms. The van der Waals surface area contributed by atoms with Crippen molar-refractivity contribution < 1.29 is 9.59 Å². The van der Waals surface area contributed by atoms with Crippen molar-refractivity contribution >= 4 is 34.2 Å². The fourth-order valence-electron chi connectivity index (χ4n) is 3.56. The molecule has 0 radical (unpaired) electrons. The molecule has 166 valence electrons. The zero-order valence-corrected chi connectivity index (χ0v) is 18.1. The summed E-state index contributed by atoms with van der Waals surface area (Å²) < 4.78 is 1.36. The van der Waals surface area contributed by atoms with Crippen molar-refractivity contribution in [1.82, 2.24) is 9.55 Å². The predicted octanol–water partition coefficient (Wildman–Crippen LogP) is 3.52. The smallest absolute Gasteiger partial charge is 0.316 e. The van der Waals surface area contributed by atoms with Crippen molar-refractivity contribution in [1.29, 1.82) is 0 Å². The number of fused-ring (bicyclic) bond motifs is 1. The molecule has 0 unspecified atom stereocenters. The molecule has 0 spiro atoms. The lowest BCUT2D eigenvalue weighted by atomic mass is 10.1. The number of rotatable bonds is 5. The van der Waals surface area contributed by atoms with Gasteiger partial charge < -0.3 is 20.2 Å². The van der Waals surface area contributed by atoms with E-state index in [-0.39, 0.29) is 11.8 Å². The van der Waals surface area contributed by atoms with Crippen LogP contribution in [0.5, 0.6) is 0 Å². The molecule has 0 aliphatic carbocycles. The second-order valence-corrected chi connectivity index (χ2v) is 7.54. The normalized spacial score (nSPS) is 10.7. The highest BCUT2D eigenvalue weighted by atomic mass is 16.2. The van der Waals surface area contributed by atoms with Gasteiger partial charge in [-0.25, -0.2) is 0 Å². The third-order valence-corrected chi connectivity index (χ3v) is 5.33. The standard InChI is InChI=1S/C25H22N4O4/c1-3-29-21-12-10-17(13-20(21)28-24(32)25(29)33)23(31)27-19-14-18(11-9-15(19)2)26-22(30)16-7-5-4-6-8-16/h4-14H,3H2,1-2H3,(H,26,30)(H,27,31)(H,28,32). The maximum absolute atomic E-state index is 12.9. The molecule has 0 aliphatic heterocycles. The van der Waals surface area contributed by atoms with Gasteiger partial charge in [0, 0.05) is 29.0 Å². The lowest BCUT2D eigenvalue weighted by Gasteiger charge is -2.13. The molecule has 0 saturated heterocycles. The average Bonchev–Trinajstić information content (AvgIpc) is 2.82. The van der Waals surface area contributed by atoms with E-state index < -0.39 is 11.1 Å². The van der Waals surface area contributed by atoms with Crippen LogP contribution in [0, 0.1) is 6.92 Å². The van der Waals surface area contributed by atoms with Gasteiger partial charge in [0.25, 0.3) is 11.8 Å². The van der Waals surface area contributed by atoms with Gasteiger partial charge >= 0.3 is 11.1 Å². The first kappa shape index (κ1) is 21.8. The molecule has 3 N–H and O–H groups in total. The zero-order chi connectivity index (χ0) is 23.5. The van der Waals surface area contributed by atoms with Crippen LogP contribution in [0.15, 0.2) is 76.3 Å². The number of anilines is 2. The molecular weight excluding hydrogens is 420 g/mol. The summed E-state index contributed by atoms with van der Waals surface area (Å²) >= 11 is 0. The van der Waals surface area contributed by atoms with Crippen LogP contribution in [0.3, 0.4) is 0 Å². The van der Waals surface area contributed by atoms with Crippen LogP contribution in [0.25, 0.3) is 11.0 Å². The van der Waals surface area contributed by atoms with Gasteiger partial charge in [0.2, 0.25) is 0 Å². The van der Waals surface area contributed by atoms with E-state index in [0.717, 1.165) is 5.56 Å². The Morgan fingerprint density at radius 2 is 1.61 bits per heavy atom. The van der Waals surface area contributed by atoms with Gasteiger partial charge in [0.15, 0.2) is 0 Å². The number of aromatic amines is 1. The predicted molar refractivity (Wildman–Crippen MR) is 128 cm³/mol. The number of benzene rings is 3. The Kier molecular flexibility index (Phi) is 5.91. The first-order valence-electron chi connectivity index (χ1n) is 10.4. The third kappa shape index (κ3) is 4.45. The van der Waals surface area contributed by atoms with Gasteiger partial charge in [-0.1, -0.05) is 24.3 Å². The Morgan fingerprint density at radius 1 is 0.879 bits per heavy atom. The Hall–Kier alpha value is -4.46. The molecule has 4 aromatic rings. The summed E-state index contributed by atoms with van der Waals surface area (Å²) in [7, 11) is 0. The van der Waals surface area contributed by atoms with Crippen LogP contribution >= 0.6 is 0 Å². The number of hydrogen-bond acceptors (Lipinski definition) is 4. The molecular formula is C25H22N4O4. The minimum atomic E-state index is -0.736. The lowest BCUT2D eigenvalue weighted by Crippen LogP contribution is -2.36. The molecule has 8 nitrogen and oxygen atoms in total. The fraction of sp³-hybridized carbons (Fsp3) is 0.120. The van der Waals surface area contributed by atoms with Gasteiger partial charge in [0.05, 0.1) is 11.0 Å². The fourth-order valence-corrected chi connectivity index (χ4v) is 3.56. The Labute approximate surface area is 188 Å². The van der Waals surface area contributed by atoms with Crippen molar-refractivity contribution in [2.45, 2.75) is 20.4 Å². The third-order valence-electron chi connectivity index (χ3n) is 5.33. The highest BCUT2D eigenvalue weighted by Crippen LogP contribution is 2.22. The summed E-state index contributed by atoms with van der Waals surface area (Å²) in [5.41, 5.74) is 2.31. The number of carbonyl (C=O) groups excluding carboxylic acids is 2. The van der Waals surface area contributed by atoms with Gasteiger partial charge in [-0.3, -0.25) is 19.2 Å². The molecule has 0 fully saturated rings. The summed E-state index contributed by atoms with van der Waals surface area (Å²) in [6, 6.07) is 18.8. The maximum Gasteiger partial charge on any atom is 0.316 e. The topological polar surface area (TPSA) is 113 Å². The number of hydrogen-bond donors (Lipinski definition) is 3. The van der Waals surface area contributed by atoms with E-state index >= 15 is 0 Å². The molecule has 1 heterocycles. The Bertz CT molecular complexity index is 1490. The van der Waals surface area contributed by atoms with Crippen LogP contribution in [0.4, 0.5) is 11.4 Å². The largest absolute Gasteiger partial charge is 0.322 e. The van der Waals surface area contributed by atoms with E-state index in [1.807, 2.05) is 13.0 Å². The molecule has 0 aliphatic rings. The molecule has 0 atom stereocenters. The highest BCUT2D eigenvalue weighted by Gasteiger charge is 2.13. The summed E-state index contributed by atoms with van der Waals surface area (Å²) in [6.45, 7) is 3.95. The molecule has 2 amide bonds. The number of aromatic nitrogens is 2. The molecule has 0 bridgehead atoms. The Morgan fingerprint density at radius 3 is 2.33 bits per heavy atom. The SMILES string of the molecule is CCn1c(=O)c(=O)[nH]c2cc(C(=O)Nc3cc(NC(=O)c4ccccc4)ccc3C)ccc21. The average molecular weight is 442 g/mol.